The zero-order valence-electron chi connectivity index (χ0n) is 16.5. The normalized spacial score (nSPS) is 24.0. The van der Waals surface area contributed by atoms with E-state index in [1.165, 1.54) is 6.42 Å². The smallest absolute Gasteiger partial charge is 0.326 e. The Kier molecular flexibility index (Phi) is 5.65. The number of rotatable bonds is 4. The van der Waals surface area contributed by atoms with E-state index in [0.29, 0.717) is 23.6 Å². The lowest BCUT2D eigenvalue weighted by Crippen LogP contribution is -2.51. The van der Waals surface area contributed by atoms with Crippen LogP contribution < -0.4 is 0 Å². The largest absolute Gasteiger partial charge is 0.454 e. The molecule has 0 radical (unpaired) electrons. The number of amides is 3. The summed E-state index contributed by atoms with van der Waals surface area (Å²) in [5.41, 5.74) is 1.09. The van der Waals surface area contributed by atoms with E-state index in [2.05, 4.69) is 0 Å². The van der Waals surface area contributed by atoms with Crippen molar-refractivity contribution in [1.29, 1.82) is 0 Å². The van der Waals surface area contributed by atoms with Gasteiger partial charge in [0.05, 0.1) is 6.42 Å². The number of benzene rings is 1. The summed E-state index contributed by atoms with van der Waals surface area (Å²) in [4.78, 5) is 52.5. The highest BCUT2D eigenvalue weighted by Gasteiger charge is 2.36. The molecule has 2 fully saturated rings. The highest BCUT2D eigenvalue weighted by Crippen LogP contribution is 2.35. The van der Waals surface area contributed by atoms with Crippen LogP contribution in [0.5, 0.6) is 0 Å². The topological polar surface area (TPSA) is 84.0 Å². The van der Waals surface area contributed by atoms with Gasteiger partial charge in [-0.25, -0.2) is 0 Å². The van der Waals surface area contributed by atoms with Crippen LogP contribution >= 0.6 is 0 Å². The molecule has 0 bridgehead atoms. The first-order valence-electron chi connectivity index (χ1n) is 10.4. The molecule has 2 atom stereocenters. The summed E-state index contributed by atoms with van der Waals surface area (Å²) in [6.45, 7) is -0.0996. The average molecular weight is 398 g/mol. The Hall–Kier alpha value is -2.70. The molecule has 0 spiro atoms. The monoisotopic (exact) mass is 398 g/mol. The van der Waals surface area contributed by atoms with Gasteiger partial charge in [0.25, 0.3) is 11.8 Å². The number of fused-ring (bicyclic) bond motifs is 2. The SMILES string of the molecule is O=C(CN1C(=O)Cc2ccccc2C1=O)OCC(=O)N1CCC[C@@H]2CCCC[C@H]21. The van der Waals surface area contributed by atoms with Crippen molar-refractivity contribution in [2.75, 3.05) is 19.7 Å². The molecule has 1 saturated heterocycles. The van der Waals surface area contributed by atoms with Crippen LogP contribution in [0.4, 0.5) is 0 Å². The third kappa shape index (κ3) is 4.04. The van der Waals surface area contributed by atoms with E-state index in [0.717, 1.165) is 37.0 Å². The summed E-state index contributed by atoms with van der Waals surface area (Å²) in [5, 5.41) is 0. The first-order valence-corrected chi connectivity index (χ1v) is 10.4. The van der Waals surface area contributed by atoms with Gasteiger partial charge in [-0.3, -0.25) is 24.1 Å². The quantitative estimate of drug-likeness (QED) is 0.572. The van der Waals surface area contributed by atoms with E-state index < -0.39 is 24.3 Å². The van der Waals surface area contributed by atoms with Gasteiger partial charge in [0.2, 0.25) is 5.91 Å². The van der Waals surface area contributed by atoms with Crippen LogP contribution in [0.3, 0.4) is 0 Å². The zero-order valence-corrected chi connectivity index (χ0v) is 16.5. The maximum absolute atomic E-state index is 12.6. The molecule has 2 heterocycles. The molecule has 29 heavy (non-hydrogen) atoms. The number of nitrogens with zero attached hydrogens (tertiary/aromatic N) is 2. The molecule has 3 aliphatic rings. The van der Waals surface area contributed by atoms with Crippen molar-refractivity contribution >= 4 is 23.7 Å². The first-order chi connectivity index (χ1) is 14.0. The summed E-state index contributed by atoms with van der Waals surface area (Å²) in [6, 6.07) is 7.12. The van der Waals surface area contributed by atoms with E-state index in [1.54, 1.807) is 24.3 Å². The highest BCUT2D eigenvalue weighted by atomic mass is 16.5. The minimum Gasteiger partial charge on any atom is -0.454 e. The summed E-state index contributed by atoms with van der Waals surface area (Å²) < 4.78 is 5.15. The summed E-state index contributed by atoms with van der Waals surface area (Å²) in [7, 11) is 0. The fourth-order valence-corrected chi connectivity index (χ4v) is 4.89. The molecule has 7 nitrogen and oxygen atoms in total. The molecular weight excluding hydrogens is 372 g/mol. The lowest BCUT2D eigenvalue weighted by molar-refractivity contribution is -0.156. The fraction of sp³-hybridized carbons (Fsp3) is 0.545. The molecule has 3 amide bonds. The number of carbonyl (C=O) groups excluding carboxylic acids is 4. The molecule has 7 heteroatoms. The Balaban J connectivity index is 1.32. The minimum atomic E-state index is -0.739. The number of carbonyl (C=O) groups is 4. The predicted molar refractivity (Wildman–Crippen MR) is 104 cm³/mol. The van der Waals surface area contributed by atoms with Gasteiger partial charge >= 0.3 is 5.97 Å². The first kappa shape index (κ1) is 19.6. The van der Waals surface area contributed by atoms with Crippen LogP contribution in [0.2, 0.25) is 0 Å². The maximum atomic E-state index is 12.6. The Morgan fingerprint density at radius 2 is 1.79 bits per heavy atom. The van der Waals surface area contributed by atoms with Crippen LogP contribution in [0, 0.1) is 5.92 Å². The third-order valence-electron chi connectivity index (χ3n) is 6.34. The van der Waals surface area contributed by atoms with Crippen molar-refractivity contribution in [3.8, 4) is 0 Å². The molecule has 154 valence electrons. The second-order valence-corrected chi connectivity index (χ2v) is 8.12. The Bertz CT molecular complexity index is 834. The standard InChI is InChI=1S/C22H26N2O5/c25-19-12-16-7-1-3-9-17(16)22(28)24(19)13-21(27)29-14-20(26)23-11-5-8-15-6-2-4-10-18(15)23/h1,3,7,9,15,18H,2,4-6,8,10-14H2/t15-,18+/m0/s1. The molecule has 0 aromatic heterocycles. The Morgan fingerprint density at radius 1 is 1.03 bits per heavy atom. The predicted octanol–water partition coefficient (Wildman–Crippen LogP) is 1.94. The number of piperidine rings is 1. The number of hydrogen-bond donors (Lipinski definition) is 0. The van der Waals surface area contributed by atoms with Crippen LogP contribution in [0.15, 0.2) is 24.3 Å². The third-order valence-corrected chi connectivity index (χ3v) is 6.34. The number of hydrogen-bond acceptors (Lipinski definition) is 5. The van der Waals surface area contributed by atoms with E-state index in [-0.39, 0.29) is 25.0 Å². The van der Waals surface area contributed by atoms with Crippen LogP contribution in [-0.2, 0) is 25.5 Å². The average Bonchev–Trinajstić information content (AvgIpc) is 2.74. The van der Waals surface area contributed by atoms with Crippen molar-refractivity contribution in [2.45, 2.75) is 51.0 Å². The van der Waals surface area contributed by atoms with Gasteiger partial charge in [0.1, 0.15) is 6.54 Å². The van der Waals surface area contributed by atoms with Crippen molar-refractivity contribution in [3.63, 3.8) is 0 Å². The molecule has 4 rings (SSSR count). The Labute approximate surface area is 170 Å². The maximum Gasteiger partial charge on any atom is 0.326 e. The van der Waals surface area contributed by atoms with Crippen molar-refractivity contribution in [3.05, 3.63) is 35.4 Å². The van der Waals surface area contributed by atoms with E-state index in [4.69, 9.17) is 4.74 Å². The minimum absolute atomic E-state index is 0.0744. The summed E-state index contributed by atoms with van der Waals surface area (Å²) >= 11 is 0. The van der Waals surface area contributed by atoms with E-state index >= 15 is 0 Å². The summed E-state index contributed by atoms with van der Waals surface area (Å²) in [6.07, 6.45) is 6.75. The fourth-order valence-electron chi connectivity index (χ4n) is 4.89. The molecule has 0 N–H and O–H groups in total. The zero-order chi connectivity index (χ0) is 20.4. The van der Waals surface area contributed by atoms with Crippen molar-refractivity contribution in [2.24, 2.45) is 5.92 Å². The number of esters is 1. The summed E-state index contributed by atoms with van der Waals surface area (Å²) in [5.74, 6) is -1.30. The van der Waals surface area contributed by atoms with Gasteiger partial charge < -0.3 is 9.64 Å². The van der Waals surface area contributed by atoms with E-state index in [9.17, 15) is 19.2 Å². The number of likely N-dealkylation sites (tertiary alicyclic amines) is 1. The molecular formula is C22H26N2O5. The number of imide groups is 1. The van der Waals surface area contributed by atoms with Gasteiger partial charge in [-0.1, -0.05) is 31.0 Å². The van der Waals surface area contributed by atoms with Gasteiger partial charge in [-0.2, -0.15) is 0 Å². The van der Waals surface area contributed by atoms with Gasteiger partial charge in [0.15, 0.2) is 6.61 Å². The number of ether oxygens (including phenoxy) is 1. The Morgan fingerprint density at radius 3 is 2.66 bits per heavy atom. The molecule has 1 aromatic carbocycles. The van der Waals surface area contributed by atoms with Crippen molar-refractivity contribution in [1.82, 2.24) is 9.80 Å². The van der Waals surface area contributed by atoms with Crippen LogP contribution in [0.1, 0.15) is 54.4 Å². The second-order valence-electron chi connectivity index (χ2n) is 8.12. The van der Waals surface area contributed by atoms with E-state index in [1.807, 2.05) is 4.90 Å². The van der Waals surface area contributed by atoms with Gasteiger partial charge in [-0.05, 0) is 43.2 Å². The van der Waals surface area contributed by atoms with Gasteiger partial charge in [0, 0.05) is 18.2 Å². The van der Waals surface area contributed by atoms with Crippen LogP contribution in [-0.4, -0.2) is 59.2 Å². The molecule has 0 unspecified atom stereocenters. The second kappa shape index (κ2) is 8.35. The lowest BCUT2D eigenvalue weighted by atomic mass is 9.78. The van der Waals surface area contributed by atoms with Crippen LogP contribution in [0.25, 0.3) is 0 Å². The lowest BCUT2D eigenvalue weighted by Gasteiger charge is -2.44. The molecule has 2 aliphatic heterocycles. The van der Waals surface area contributed by atoms with Crippen molar-refractivity contribution < 1.29 is 23.9 Å². The molecule has 1 aromatic rings. The van der Waals surface area contributed by atoms with Gasteiger partial charge in [-0.15, -0.1) is 0 Å². The highest BCUT2D eigenvalue weighted by molar-refractivity contribution is 6.11. The molecule has 1 saturated carbocycles. The molecule has 1 aliphatic carbocycles.